The highest BCUT2D eigenvalue weighted by Gasteiger charge is 2.24. The van der Waals surface area contributed by atoms with Gasteiger partial charge in [-0.05, 0) is 18.6 Å². The molecule has 0 amide bonds. The van der Waals surface area contributed by atoms with Crippen molar-refractivity contribution in [2.24, 2.45) is 0 Å². The van der Waals surface area contributed by atoms with Gasteiger partial charge in [-0.15, -0.1) is 0 Å². The minimum atomic E-state index is -0.603. The van der Waals surface area contributed by atoms with Crippen LogP contribution in [0.3, 0.4) is 0 Å². The lowest BCUT2D eigenvalue weighted by molar-refractivity contribution is -0.191. The number of ether oxygens (including phenoxy) is 3. The molecule has 3 nitrogen and oxygen atoms in total. The van der Waals surface area contributed by atoms with Gasteiger partial charge in [-0.3, -0.25) is 0 Å². The van der Waals surface area contributed by atoms with E-state index < -0.39 is 5.79 Å². The first-order valence-corrected chi connectivity index (χ1v) is 4.87. The Morgan fingerprint density at radius 3 is 2.20 bits per heavy atom. The van der Waals surface area contributed by atoms with Crippen LogP contribution in [0, 0.1) is 0 Å². The van der Waals surface area contributed by atoms with Crippen molar-refractivity contribution in [1.82, 2.24) is 0 Å². The fourth-order valence-corrected chi connectivity index (χ4v) is 1.42. The number of benzene rings is 1. The summed E-state index contributed by atoms with van der Waals surface area (Å²) >= 11 is 0. The van der Waals surface area contributed by atoms with Crippen LogP contribution in [0.2, 0.25) is 0 Å². The van der Waals surface area contributed by atoms with E-state index in [0.29, 0.717) is 6.42 Å². The van der Waals surface area contributed by atoms with Gasteiger partial charge in [0.15, 0.2) is 5.79 Å². The quantitative estimate of drug-likeness (QED) is 0.698. The fourth-order valence-electron chi connectivity index (χ4n) is 1.42. The zero-order valence-corrected chi connectivity index (χ0v) is 9.74. The van der Waals surface area contributed by atoms with Crippen LogP contribution in [0.4, 0.5) is 0 Å². The van der Waals surface area contributed by atoms with E-state index in [1.807, 2.05) is 31.2 Å². The van der Waals surface area contributed by atoms with Crippen molar-refractivity contribution in [1.29, 1.82) is 0 Å². The molecule has 0 aliphatic heterocycles. The number of rotatable bonds is 5. The minimum Gasteiger partial charge on any atom is -0.496 e. The van der Waals surface area contributed by atoms with Gasteiger partial charge < -0.3 is 14.2 Å². The van der Waals surface area contributed by atoms with Gasteiger partial charge in [0.05, 0.1) is 7.11 Å². The molecule has 1 aromatic carbocycles. The molecule has 0 N–H and O–H groups in total. The van der Waals surface area contributed by atoms with Crippen LogP contribution in [0.25, 0.3) is 0 Å². The SMILES string of the molecule is COc1ccccc1CC(C)(OC)OC. The monoisotopic (exact) mass is 210 g/mol. The molecule has 0 fully saturated rings. The van der Waals surface area contributed by atoms with Gasteiger partial charge in [-0.25, -0.2) is 0 Å². The van der Waals surface area contributed by atoms with E-state index in [9.17, 15) is 0 Å². The Morgan fingerprint density at radius 2 is 1.67 bits per heavy atom. The van der Waals surface area contributed by atoms with Crippen molar-refractivity contribution < 1.29 is 14.2 Å². The van der Waals surface area contributed by atoms with Gasteiger partial charge in [-0.1, -0.05) is 18.2 Å². The Hall–Kier alpha value is -1.06. The molecular formula is C12H18O3. The average Bonchev–Trinajstić information content (AvgIpc) is 2.29. The van der Waals surface area contributed by atoms with E-state index in [-0.39, 0.29) is 0 Å². The molecule has 0 radical (unpaired) electrons. The van der Waals surface area contributed by atoms with Gasteiger partial charge >= 0.3 is 0 Å². The molecule has 0 bridgehead atoms. The lowest BCUT2D eigenvalue weighted by Crippen LogP contribution is -2.32. The Morgan fingerprint density at radius 1 is 1.07 bits per heavy atom. The van der Waals surface area contributed by atoms with Crippen LogP contribution >= 0.6 is 0 Å². The lowest BCUT2D eigenvalue weighted by atomic mass is 10.1. The molecule has 1 rings (SSSR count). The Bertz CT molecular complexity index is 305. The molecule has 0 aromatic heterocycles. The summed E-state index contributed by atoms with van der Waals surface area (Å²) < 4.78 is 15.9. The van der Waals surface area contributed by atoms with E-state index in [1.54, 1.807) is 21.3 Å². The van der Waals surface area contributed by atoms with E-state index in [4.69, 9.17) is 14.2 Å². The second-order valence-electron chi connectivity index (χ2n) is 3.53. The van der Waals surface area contributed by atoms with Gasteiger partial charge in [-0.2, -0.15) is 0 Å². The van der Waals surface area contributed by atoms with Crippen molar-refractivity contribution in [3.05, 3.63) is 29.8 Å². The van der Waals surface area contributed by atoms with Crippen LogP contribution in [0.5, 0.6) is 5.75 Å². The normalized spacial score (nSPS) is 11.5. The molecule has 0 aliphatic carbocycles. The summed E-state index contributed by atoms with van der Waals surface area (Å²) in [5.41, 5.74) is 1.08. The molecule has 3 heteroatoms. The highest BCUT2D eigenvalue weighted by atomic mass is 16.7. The molecule has 0 atom stereocenters. The molecule has 1 aromatic rings. The molecule has 0 saturated heterocycles. The zero-order chi connectivity index (χ0) is 11.3. The fraction of sp³-hybridized carbons (Fsp3) is 0.500. The molecule has 15 heavy (non-hydrogen) atoms. The summed E-state index contributed by atoms with van der Waals surface area (Å²) in [5, 5.41) is 0. The first kappa shape index (κ1) is 12.0. The van der Waals surface area contributed by atoms with Crippen LogP contribution in [0.1, 0.15) is 12.5 Å². The average molecular weight is 210 g/mol. The molecule has 0 saturated carbocycles. The van der Waals surface area contributed by atoms with E-state index in [1.165, 1.54) is 0 Å². The molecule has 84 valence electrons. The Labute approximate surface area is 91.0 Å². The smallest absolute Gasteiger partial charge is 0.168 e. The maximum absolute atomic E-state index is 5.31. The highest BCUT2D eigenvalue weighted by molar-refractivity contribution is 5.33. The molecule has 0 aliphatic rings. The second kappa shape index (κ2) is 5.14. The molecular weight excluding hydrogens is 192 g/mol. The third kappa shape index (κ3) is 2.94. The summed E-state index contributed by atoms with van der Waals surface area (Å²) in [6.45, 7) is 1.90. The summed E-state index contributed by atoms with van der Waals surface area (Å²) in [7, 11) is 4.94. The molecule has 0 unspecified atom stereocenters. The first-order valence-electron chi connectivity index (χ1n) is 4.87. The van der Waals surface area contributed by atoms with Gasteiger partial charge in [0.25, 0.3) is 0 Å². The van der Waals surface area contributed by atoms with Crippen molar-refractivity contribution in [3.8, 4) is 5.75 Å². The van der Waals surface area contributed by atoms with Gasteiger partial charge in [0.2, 0.25) is 0 Å². The number of hydrogen-bond acceptors (Lipinski definition) is 3. The summed E-state index contributed by atoms with van der Waals surface area (Å²) in [6, 6.07) is 7.86. The largest absolute Gasteiger partial charge is 0.496 e. The highest BCUT2D eigenvalue weighted by Crippen LogP contribution is 2.24. The van der Waals surface area contributed by atoms with Gasteiger partial charge in [0.1, 0.15) is 5.75 Å². The third-order valence-corrected chi connectivity index (χ3v) is 2.57. The summed E-state index contributed by atoms with van der Waals surface area (Å²) in [6.07, 6.45) is 0.657. The second-order valence-corrected chi connectivity index (χ2v) is 3.53. The predicted octanol–water partition coefficient (Wildman–Crippen LogP) is 2.25. The maximum atomic E-state index is 5.31. The van der Waals surface area contributed by atoms with Crippen LogP contribution in [-0.4, -0.2) is 27.1 Å². The van der Waals surface area contributed by atoms with Crippen molar-refractivity contribution in [3.63, 3.8) is 0 Å². The van der Waals surface area contributed by atoms with E-state index >= 15 is 0 Å². The summed E-state index contributed by atoms with van der Waals surface area (Å²) in [5.74, 6) is 0.257. The standard InChI is InChI=1S/C12H18O3/c1-12(14-3,15-4)9-10-7-5-6-8-11(10)13-2/h5-8H,9H2,1-4H3. The Kier molecular flexibility index (Phi) is 4.12. The summed E-state index contributed by atoms with van der Waals surface area (Å²) in [4.78, 5) is 0. The van der Waals surface area contributed by atoms with Crippen molar-refractivity contribution in [2.75, 3.05) is 21.3 Å². The van der Waals surface area contributed by atoms with Crippen LogP contribution in [0.15, 0.2) is 24.3 Å². The van der Waals surface area contributed by atoms with Crippen LogP contribution < -0.4 is 4.74 Å². The minimum absolute atomic E-state index is 0.603. The topological polar surface area (TPSA) is 27.7 Å². The van der Waals surface area contributed by atoms with Crippen molar-refractivity contribution in [2.45, 2.75) is 19.1 Å². The van der Waals surface area contributed by atoms with Gasteiger partial charge in [0, 0.05) is 20.6 Å². The van der Waals surface area contributed by atoms with Crippen LogP contribution in [-0.2, 0) is 15.9 Å². The number of methoxy groups -OCH3 is 3. The zero-order valence-electron chi connectivity index (χ0n) is 9.74. The Balaban J connectivity index is 2.87. The lowest BCUT2D eigenvalue weighted by Gasteiger charge is -2.27. The molecule has 0 spiro atoms. The van der Waals surface area contributed by atoms with Crippen molar-refractivity contribution >= 4 is 0 Å². The molecule has 0 heterocycles. The number of para-hydroxylation sites is 1. The number of hydrogen-bond donors (Lipinski definition) is 0. The van der Waals surface area contributed by atoms with E-state index in [0.717, 1.165) is 11.3 Å². The first-order chi connectivity index (χ1) is 7.15. The third-order valence-electron chi connectivity index (χ3n) is 2.57. The van der Waals surface area contributed by atoms with E-state index in [2.05, 4.69) is 0 Å². The maximum Gasteiger partial charge on any atom is 0.168 e. The predicted molar refractivity (Wildman–Crippen MR) is 59.1 cm³/mol.